The first-order valence-corrected chi connectivity index (χ1v) is 7.12. The third-order valence-corrected chi connectivity index (χ3v) is 3.62. The zero-order valence-corrected chi connectivity index (χ0v) is 11.4. The summed E-state index contributed by atoms with van der Waals surface area (Å²) in [5.41, 5.74) is 2.41. The average molecular weight is 255 g/mol. The smallest absolute Gasteiger partial charge is 0.0728 e. The van der Waals surface area contributed by atoms with Crippen molar-refractivity contribution in [3.8, 4) is 0 Å². The minimum Gasteiger partial charge on any atom is -0.380 e. The number of aromatic nitrogens is 2. The number of anilines is 1. The van der Waals surface area contributed by atoms with Crippen LogP contribution in [-0.2, 0) is 6.54 Å². The van der Waals surface area contributed by atoms with E-state index < -0.39 is 0 Å². The van der Waals surface area contributed by atoms with Crippen LogP contribution in [0.5, 0.6) is 0 Å². The summed E-state index contributed by atoms with van der Waals surface area (Å²) >= 11 is 0. The molecule has 1 aromatic carbocycles. The lowest BCUT2D eigenvalue weighted by atomic mass is 10.1. The summed E-state index contributed by atoms with van der Waals surface area (Å²) in [6, 6.07) is 11.0. The van der Waals surface area contributed by atoms with Gasteiger partial charge >= 0.3 is 0 Å². The molecule has 1 fully saturated rings. The Kier molecular flexibility index (Phi) is 3.53. The standard InChI is InChI=1S/C16H21N3/c1-13(9-14-7-8-14)18-16-10-17-19(12-16)11-15-5-3-2-4-6-15/h2-6,10,12-14,18H,7-9,11H2,1H3. The van der Waals surface area contributed by atoms with Gasteiger partial charge in [0.15, 0.2) is 0 Å². The average Bonchev–Trinajstić information content (AvgIpc) is 3.11. The maximum Gasteiger partial charge on any atom is 0.0728 e. The highest BCUT2D eigenvalue weighted by atomic mass is 15.3. The van der Waals surface area contributed by atoms with Crippen molar-refractivity contribution in [2.75, 3.05) is 5.32 Å². The molecule has 3 rings (SSSR count). The molecule has 0 saturated heterocycles. The van der Waals surface area contributed by atoms with Crippen LogP contribution < -0.4 is 5.32 Å². The third-order valence-electron chi connectivity index (χ3n) is 3.62. The first-order valence-electron chi connectivity index (χ1n) is 7.12. The topological polar surface area (TPSA) is 29.9 Å². The third kappa shape index (κ3) is 3.60. The van der Waals surface area contributed by atoms with E-state index in [2.05, 4.69) is 47.8 Å². The Bertz CT molecular complexity index is 514. The monoisotopic (exact) mass is 255 g/mol. The molecule has 2 aromatic rings. The fourth-order valence-corrected chi connectivity index (χ4v) is 2.49. The van der Waals surface area contributed by atoms with Gasteiger partial charge in [0.05, 0.1) is 18.4 Å². The molecule has 1 aliphatic rings. The van der Waals surface area contributed by atoms with Gasteiger partial charge in [-0.15, -0.1) is 0 Å². The summed E-state index contributed by atoms with van der Waals surface area (Å²) in [5, 5.41) is 7.95. The van der Waals surface area contributed by atoms with Gasteiger partial charge in [0, 0.05) is 12.2 Å². The molecule has 1 saturated carbocycles. The van der Waals surface area contributed by atoms with Crippen LogP contribution in [0, 0.1) is 5.92 Å². The molecule has 0 spiro atoms. The minimum atomic E-state index is 0.543. The van der Waals surface area contributed by atoms with Gasteiger partial charge in [-0.25, -0.2) is 0 Å². The Balaban J connectivity index is 1.56. The first kappa shape index (κ1) is 12.3. The Morgan fingerprint density at radius 2 is 2.11 bits per heavy atom. The fourth-order valence-electron chi connectivity index (χ4n) is 2.49. The van der Waals surface area contributed by atoms with Crippen molar-refractivity contribution in [2.24, 2.45) is 5.92 Å². The van der Waals surface area contributed by atoms with Gasteiger partial charge in [0.1, 0.15) is 0 Å². The molecule has 100 valence electrons. The number of nitrogens with one attached hydrogen (secondary N) is 1. The van der Waals surface area contributed by atoms with E-state index in [4.69, 9.17) is 0 Å². The van der Waals surface area contributed by atoms with E-state index in [9.17, 15) is 0 Å². The van der Waals surface area contributed by atoms with Gasteiger partial charge in [-0.05, 0) is 24.8 Å². The lowest BCUT2D eigenvalue weighted by molar-refractivity contribution is 0.642. The summed E-state index contributed by atoms with van der Waals surface area (Å²) in [5.74, 6) is 0.960. The molecule has 0 amide bonds. The second-order valence-corrected chi connectivity index (χ2v) is 5.64. The molecule has 3 nitrogen and oxygen atoms in total. The molecule has 1 aromatic heterocycles. The molecule has 0 radical (unpaired) electrons. The Morgan fingerprint density at radius 3 is 2.84 bits per heavy atom. The van der Waals surface area contributed by atoms with E-state index >= 15 is 0 Å². The van der Waals surface area contributed by atoms with Gasteiger partial charge in [0.2, 0.25) is 0 Å². The second kappa shape index (κ2) is 5.47. The van der Waals surface area contributed by atoms with Crippen molar-refractivity contribution in [1.29, 1.82) is 0 Å². The Hall–Kier alpha value is -1.77. The Morgan fingerprint density at radius 1 is 1.32 bits per heavy atom. The van der Waals surface area contributed by atoms with Crippen molar-refractivity contribution in [1.82, 2.24) is 9.78 Å². The molecule has 19 heavy (non-hydrogen) atoms. The predicted molar refractivity (Wildman–Crippen MR) is 78.2 cm³/mol. The number of hydrogen-bond acceptors (Lipinski definition) is 2. The van der Waals surface area contributed by atoms with Gasteiger partial charge in [-0.1, -0.05) is 43.2 Å². The largest absolute Gasteiger partial charge is 0.380 e. The molecule has 1 atom stereocenters. The van der Waals surface area contributed by atoms with Crippen LogP contribution in [0.1, 0.15) is 31.7 Å². The maximum absolute atomic E-state index is 4.41. The first-order chi connectivity index (χ1) is 9.29. The van der Waals surface area contributed by atoms with Crippen LogP contribution in [0.25, 0.3) is 0 Å². The van der Waals surface area contributed by atoms with E-state index in [0.717, 1.165) is 18.2 Å². The van der Waals surface area contributed by atoms with Crippen molar-refractivity contribution in [3.05, 3.63) is 48.3 Å². The predicted octanol–water partition coefficient (Wildman–Crippen LogP) is 3.53. The summed E-state index contributed by atoms with van der Waals surface area (Å²) < 4.78 is 1.99. The molecule has 0 aliphatic heterocycles. The van der Waals surface area contributed by atoms with Gasteiger partial charge < -0.3 is 5.32 Å². The highest BCUT2D eigenvalue weighted by Gasteiger charge is 2.23. The van der Waals surface area contributed by atoms with Gasteiger partial charge in [0.25, 0.3) is 0 Å². The summed E-state index contributed by atoms with van der Waals surface area (Å²) in [7, 11) is 0. The molecule has 3 heteroatoms. The maximum atomic E-state index is 4.41. The zero-order chi connectivity index (χ0) is 13.1. The molecule has 0 bridgehead atoms. The minimum absolute atomic E-state index is 0.543. The molecule has 1 N–H and O–H groups in total. The summed E-state index contributed by atoms with van der Waals surface area (Å²) in [6.07, 6.45) is 8.13. The fraction of sp³-hybridized carbons (Fsp3) is 0.438. The van der Waals surface area contributed by atoms with Crippen LogP contribution >= 0.6 is 0 Å². The van der Waals surface area contributed by atoms with Gasteiger partial charge in [-0.2, -0.15) is 5.10 Å². The van der Waals surface area contributed by atoms with Crippen LogP contribution in [0.3, 0.4) is 0 Å². The summed E-state index contributed by atoms with van der Waals surface area (Å²) in [4.78, 5) is 0. The van der Waals surface area contributed by atoms with E-state index in [1.807, 2.05) is 16.9 Å². The molecular formula is C16H21N3. The van der Waals surface area contributed by atoms with Crippen LogP contribution in [-0.4, -0.2) is 15.8 Å². The quantitative estimate of drug-likeness (QED) is 0.855. The Labute approximate surface area is 114 Å². The van der Waals surface area contributed by atoms with Crippen LogP contribution in [0.4, 0.5) is 5.69 Å². The highest BCUT2D eigenvalue weighted by molar-refractivity contribution is 5.39. The van der Waals surface area contributed by atoms with Gasteiger partial charge in [-0.3, -0.25) is 4.68 Å². The van der Waals surface area contributed by atoms with Crippen molar-refractivity contribution < 1.29 is 0 Å². The molecule has 1 heterocycles. The number of benzene rings is 1. The van der Waals surface area contributed by atoms with Crippen molar-refractivity contribution in [2.45, 2.75) is 38.8 Å². The molecular weight excluding hydrogens is 234 g/mol. The number of nitrogens with zero attached hydrogens (tertiary/aromatic N) is 2. The van der Waals surface area contributed by atoms with E-state index in [0.29, 0.717) is 6.04 Å². The van der Waals surface area contributed by atoms with Crippen molar-refractivity contribution in [3.63, 3.8) is 0 Å². The van der Waals surface area contributed by atoms with Crippen LogP contribution in [0.2, 0.25) is 0 Å². The number of rotatable bonds is 6. The molecule has 1 unspecified atom stereocenters. The lowest BCUT2D eigenvalue weighted by Gasteiger charge is -2.12. The second-order valence-electron chi connectivity index (χ2n) is 5.64. The highest BCUT2D eigenvalue weighted by Crippen LogP contribution is 2.34. The molecule has 1 aliphatic carbocycles. The zero-order valence-electron chi connectivity index (χ0n) is 11.4. The van der Waals surface area contributed by atoms with E-state index in [-0.39, 0.29) is 0 Å². The van der Waals surface area contributed by atoms with Crippen LogP contribution in [0.15, 0.2) is 42.7 Å². The SMILES string of the molecule is CC(CC1CC1)Nc1cnn(Cc2ccccc2)c1. The van der Waals surface area contributed by atoms with E-state index in [1.54, 1.807) is 0 Å². The number of hydrogen-bond donors (Lipinski definition) is 1. The van der Waals surface area contributed by atoms with Crippen molar-refractivity contribution >= 4 is 5.69 Å². The lowest BCUT2D eigenvalue weighted by Crippen LogP contribution is -2.15. The normalized spacial score (nSPS) is 16.3. The summed E-state index contributed by atoms with van der Waals surface area (Å²) in [6.45, 7) is 3.09. The van der Waals surface area contributed by atoms with E-state index in [1.165, 1.54) is 24.8 Å².